The third kappa shape index (κ3) is 4.25. The van der Waals surface area contributed by atoms with Crippen molar-refractivity contribution in [2.24, 2.45) is 5.92 Å². The second-order valence-corrected chi connectivity index (χ2v) is 3.85. The average Bonchev–Trinajstić information content (AvgIpc) is 2.38. The number of methoxy groups -OCH3 is 1. The van der Waals surface area contributed by atoms with Crippen molar-refractivity contribution in [1.29, 1.82) is 5.26 Å². The van der Waals surface area contributed by atoms with E-state index in [1.807, 2.05) is 19.1 Å². The lowest BCUT2D eigenvalue weighted by Gasteiger charge is -2.06. The van der Waals surface area contributed by atoms with Crippen molar-refractivity contribution in [3.8, 4) is 6.07 Å². The van der Waals surface area contributed by atoms with Crippen LogP contribution in [0.2, 0.25) is 0 Å². The fourth-order valence-electron chi connectivity index (χ4n) is 1.36. The molecule has 1 aromatic carbocycles. The third-order valence-corrected chi connectivity index (χ3v) is 2.38. The van der Waals surface area contributed by atoms with Gasteiger partial charge in [0.15, 0.2) is 0 Å². The van der Waals surface area contributed by atoms with E-state index in [9.17, 15) is 4.79 Å². The van der Waals surface area contributed by atoms with E-state index in [1.165, 1.54) is 7.11 Å². The Morgan fingerprint density at radius 3 is 2.65 bits per heavy atom. The summed E-state index contributed by atoms with van der Waals surface area (Å²) in [5.74, 6) is -0.327. The predicted molar refractivity (Wildman–Crippen MR) is 64.3 cm³/mol. The van der Waals surface area contributed by atoms with Gasteiger partial charge < -0.3 is 10.1 Å². The van der Waals surface area contributed by atoms with Crippen molar-refractivity contribution >= 4 is 5.97 Å². The molecule has 0 aliphatic carbocycles. The Hall–Kier alpha value is -1.86. The maximum Gasteiger partial charge on any atom is 0.337 e. The number of hydrogen-bond acceptors (Lipinski definition) is 4. The average molecular weight is 232 g/mol. The van der Waals surface area contributed by atoms with Gasteiger partial charge in [-0.15, -0.1) is 0 Å². The monoisotopic (exact) mass is 232 g/mol. The lowest BCUT2D eigenvalue weighted by molar-refractivity contribution is 0.0600. The van der Waals surface area contributed by atoms with Crippen LogP contribution in [0.25, 0.3) is 0 Å². The van der Waals surface area contributed by atoms with Crippen LogP contribution in [0.1, 0.15) is 22.8 Å². The molecule has 1 aromatic rings. The van der Waals surface area contributed by atoms with Crippen LogP contribution in [-0.2, 0) is 11.3 Å². The molecule has 1 rings (SSSR count). The van der Waals surface area contributed by atoms with E-state index in [-0.39, 0.29) is 11.9 Å². The number of hydrogen-bond donors (Lipinski definition) is 1. The van der Waals surface area contributed by atoms with Crippen LogP contribution in [0.3, 0.4) is 0 Å². The van der Waals surface area contributed by atoms with Gasteiger partial charge in [-0.05, 0) is 24.6 Å². The molecule has 0 amide bonds. The van der Waals surface area contributed by atoms with Crippen LogP contribution in [-0.4, -0.2) is 19.6 Å². The minimum absolute atomic E-state index is 0.00402. The van der Waals surface area contributed by atoms with E-state index in [0.29, 0.717) is 18.7 Å². The second kappa shape index (κ2) is 6.66. The summed E-state index contributed by atoms with van der Waals surface area (Å²) in [7, 11) is 1.36. The molecular weight excluding hydrogens is 216 g/mol. The Bertz CT molecular complexity index is 406. The van der Waals surface area contributed by atoms with Crippen molar-refractivity contribution in [2.45, 2.75) is 13.5 Å². The first-order valence-corrected chi connectivity index (χ1v) is 5.45. The van der Waals surface area contributed by atoms with E-state index in [2.05, 4.69) is 16.1 Å². The van der Waals surface area contributed by atoms with Crippen LogP contribution in [0.4, 0.5) is 0 Å². The highest BCUT2D eigenvalue weighted by atomic mass is 16.5. The molecule has 0 radical (unpaired) electrons. The molecule has 0 aliphatic rings. The van der Waals surface area contributed by atoms with E-state index in [4.69, 9.17) is 5.26 Å². The number of benzene rings is 1. The van der Waals surface area contributed by atoms with Crippen LogP contribution < -0.4 is 5.32 Å². The van der Waals surface area contributed by atoms with Gasteiger partial charge >= 0.3 is 5.97 Å². The highest BCUT2D eigenvalue weighted by Gasteiger charge is 2.04. The van der Waals surface area contributed by atoms with Crippen molar-refractivity contribution < 1.29 is 9.53 Å². The molecule has 0 saturated carbocycles. The van der Waals surface area contributed by atoms with Gasteiger partial charge in [0.25, 0.3) is 0 Å². The molecule has 1 N–H and O–H groups in total. The van der Waals surface area contributed by atoms with Gasteiger partial charge in [0.2, 0.25) is 0 Å². The van der Waals surface area contributed by atoms with Crippen molar-refractivity contribution in [1.82, 2.24) is 5.32 Å². The van der Waals surface area contributed by atoms with Gasteiger partial charge in [-0.1, -0.05) is 12.1 Å². The SMILES string of the molecule is COC(=O)c1ccc(CNC[C@@H](C)C#N)cc1. The van der Waals surface area contributed by atoms with E-state index < -0.39 is 0 Å². The fraction of sp³-hybridized carbons (Fsp3) is 0.385. The topological polar surface area (TPSA) is 62.1 Å². The number of ether oxygens (including phenoxy) is 1. The normalized spacial score (nSPS) is 11.6. The molecule has 4 nitrogen and oxygen atoms in total. The van der Waals surface area contributed by atoms with Crippen molar-refractivity contribution in [2.75, 3.05) is 13.7 Å². The Balaban J connectivity index is 2.46. The predicted octanol–water partition coefficient (Wildman–Crippen LogP) is 1.72. The summed E-state index contributed by atoms with van der Waals surface area (Å²) < 4.78 is 4.61. The largest absolute Gasteiger partial charge is 0.465 e. The molecule has 17 heavy (non-hydrogen) atoms. The molecule has 90 valence electrons. The van der Waals surface area contributed by atoms with Gasteiger partial charge in [0.05, 0.1) is 24.7 Å². The number of carbonyl (C=O) groups excluding carboxylic acids is 1. The summed E-state index contributed by atoms with van der Waals surface area (Å²) in [5, 5.41) is 11.8. The molecule has 4 heteroatoms. The number of carbonyl (C=O) groups is 1. The Morgan fingerprint density at radius 2 is 2.12 bits per heavy atom. The van der Waals surface area contributed by atoms with Crippen LogP contribution in [0.5, 0.6) is 0 Å². The summed E-state index contributed by atoms with van der Waals surface area (Å²) in [6, 6.07) is 9.37. The minimum atomic E-state index is -0.331. The quantitative estimate of drug-likeness (QED) is 0.785. The first kappa shape index (κ1) is 13.2. The number of nitrogens with one attached hydrogen (secondary N) is 1. The standard InChI is InChI=1S/C13H16N2O2/c1-10(7-14)8-15-9-11-3-5-12(6-4-11)13(16)17-2/h3-6,10,15H,8-9H2,1-2H3/t10-/m0/s1. The van der Waals surface area contributed by atoms with Gasteiger partial charge in [0.1, 0.15) is 0 Å². The third-order valence-electron chi connectivity index (χ3n) is 2.38. The molecular formula is C13H16N2O2. The van der Waals surface area contributed by atoms with Gasteiger partial charge in [-0.25, -0.2) is 4.79 Å². The lowest BCUT2D eigenvalue weighted by atomic mass is 10.1. The van der Waals surface area contributed by atoms with Crippen LogP contribution >= 0.6 is 0 Å². The maximum absolute atomic E-state index is 11.2. The number of rotatable bonds is 5. The molecule has 0 saturated heterocycles. The van der Waals surface area contributed by atoms with Gasteiger partial charge in [0, 0.05) is 13.1 Å². The second-order valence-electron chi connectivity index (χ2n) is 3.85. The van der Waals surface area contributed by atoms with E-state index in [0.717, 1.165) is 5.56 Å². The molecule has 0 aromatic heterocycles. The van der Waals surface area contributed by atoms with Gasteiger partial charge in [-0.3, -0.25) is 0 Å². The lowest BCUT2D eigenvalue weighted by Crippen LogP contribution is -2.19. The summed E-state index contributed by atoms with van der Waals surface area (Å²) >= 11 is 0. The Labute approximate surface area is 101 Å². The van der Waals surface area contributed by atoms with Gasteiger partial charge in [-0.2, -0.15) is 5.26 Å². The molecule has 0 bridgehead atoms. The van der Waals surface area contributed by atoms with E-state index >= 15 is 0 Å². The van der Waals surface area contributed by atoms with E-state index in [1.54, 1.807) is 12.1 Å². The summed E-state index contributed by atoms with van der Waals surface area (Å²) in [5.41, 5.74) is 1.62. The molecule has 0 heterocycles. The number of nitriles is 1. The first-order chi connectivity index (χ1) is 8.17. The van der Waals surface area contributed by atoms with Crippen molar-refractivity contribution in [3.05, 3.63) is 35.4 Å². The molecule has 1 atom stereocenters. The highest BCUT2D eigenvalue weighted by Crippen LogP contribution is 2.05. The minimum Gasteiger partial charge on any atom is -0.465 e. The molecule has 0 spiro atoms. The van der Waals surface area contributed by atoms with Crippen molar-refractivity contribution in [3.63, 3.8) is 0 Å². The molecule has 0 unspecified atom stereocenters. The molecule has 0 aliphatic heterocycles. The highest BCUT2D eigenvalue weighted by molar-refractivity contribution is 5.89. The zero-order valence-corrected chi connectivity index (χ0v) is 10.1. The maximum atomic E-state index is 11.2. The zero-order valence-electron chi connectivity index (χ0n) is 10.1. The number of esters is 1. The summed E-state index contributed by atoms with van der Waals surface area (Å²) in [6.07, 6.45) is 0. The smallest absolute Gasteiger partial charge is 0.337 e. The van der Waals surface area contributed by atoms with Crippen LogP contribution in [0, 0.1) is 17.2 Å². The van der Waals surface area contributed by atoms with Crippen LogP contribution in [0.15, 0.2) is 24.3 Å². The fourth-order valence-corrected chi connectivity index (χ4v) is 1.36. The summed E-state index contributed by atoms with van der Waals surface area (Å²) in [4.78, 5) is 11.2. The first-order valence-electron chi connectivity index (χ1n) is 5.45. The molecule has 0 fully saturated rings. The Kier molecular flexibility index (Phi) is 5.18. The summed E-state index contributed by atoms with van der Waals surface area (Å²) in [6.45, 7) is 3.22. The number of nitrogens with zero attached hydrogens (tertiary/aromatic N) is 1. The zero-order chi connectivity index (χ0) is 12.7. The Morgan fingerprint density at radius 1 is 1.47 bits per heavy atom.